The van der Waals surface area contributed by atoms with E-state index >= 15 is 0 Å². The third-order valence-electron chi connectivity index (χ3n) is 3.59. The summed E-state index contributed by atoms with van der Waals surface area (Å²) in [5, 5.41) is 0. The second kappa shape index (κ2) is 8.56. The van der Waals surface area contributed by atoms with Gasteiger partial charge in [0.15, 0.2) is 0 Å². The van der Waals surface area contributed by atoms with Crippen LogP contribution in [-0.2, 0) is 14.3 Å². The third-order valence-corrected chi connectivity index (χ3v) is 3.59. The molecular formula is C16H25NO3. The van der Waals surface area contributed by atoms with E-state index in [1.54, 1.807) is 12.2 Å². The minimum atomic E-state index is -0.219. The number of rotatable bonds is 8. The zero-order valence-corrected chi connectivity index (χ0v) is 12.3. The molecule has 1 fully saturated rings. The first-order valence-electron chi connectivity index (χ1n) is 7.28. The molecule has 1 saturated heterocycles. The number of ether oxygens (including phenoxy) is 1. The number of nitrogens with zero attached hydrogens (tertiary/aromatic N) is 1. The van der Waals surface area contributed by atoms with Crippen LogP contribution in [-0.4, -0.2) is 36.0 Å². The largest absolute Gasteiger partial charge is 0.463 e. The Morgan fingerprint density at radius 2 is 2.15 bits per heavy atom. The van der Waals surface area contributed by atoms with Gasteiger partial charge in [-0.1, -0.05) is 19.1 Å². The van der Waals surface area contributed by atoms with Crippen molar-refractivity contribution in [2.75, 3.05) is 13.2 Å². The molecule has 0 N–H and O–H groups in total. The molecule has 1 heterocycles. The number of amides is 1. The van der Waals surface area contributed by atoms with Crippen molar-refractivity contribution in [3.8, 4) is 0 Å². The molecule has 2 atom stereocenters. The standard InChI is InChI=1S/C16H25NO3/c1-4-6-10-15(18)20-12-14-9-7-11-17(14)16(19)13(3)8-5-2/h4-5,13-14H,1-2,6-12H2,3H3. The summed E-state index contributed by atoms with van der Waals surface area (Å²) in [6.45, 7) is 10.2. The molecule has 1 aliphatic rings. The van der Waals surface area contributed by atoms with Gasteiger partial charge in [0.1, 0.15) is 6.61 Å². The van der Waals surface area contributed by atoms with Crippen LogP contribution in [0.1, 0.15) is 39.0 Å². The third kappa shape index (κ3) is 4.83. The number of esters is 1. The van der Waals surface area contributed by atoms with Crippen molar-refractivity contribution >= 4 is 11.9 Å². The average molecular weight is 279 g/mol. The summed E-state index contributed by atoms with van der Waals surface area (Å²) in [5.74, 6) is -0.137. The number of hydrogen-bond acceptors (Lipinski definition) is 3. The topological polar surface area (TPSA) is 46.6 Å². The molecule has 0 aromatic carbocycles. The van der Waals surface area contributed by atoms with E-state index in [2.05, 4.69) is 13.2 Å². The van der Waals surface area contributed by atoms with E-state index in [-0.39, 0.29) is 23.8 Å². The molecule has 4 heteroatoms. The van der Waals surface area contributed by atoms with Crippen LogP contribution in [0.15, 0.2) is 25.3 Å². The molecule has 0 aromatic heterocycles. The maximum Gasteiger partial charge on any atom is 0.306 e. The number of likely N-dealkylation sites (tertiary alicyclic amines) is 1. The molecule has 20 heavy (non-hydrogen) atoms. The van der Waals surface area contributed by atoms with Crippen LogP contribution in [0.3, 0.4) is 0 Å². The van der Waals surface area contributed by atoms with Gasteiger partial charge in [0.25, 0.3) is 0 Å². The molecule has 0 spiro atoms. The number of allylic oxidation sites excluding steroid dienone is 2. The summed E-state index contributed by atoms with van der Waals surface area (Å²) in [4.78, 5) is 25.6. The lowest BCUT2D eigenvalue weighted by Crippen LogP contribution is -2.41. The van der Waals surface area contributed by atoms with E-state index < -0.39 is 0 Å². The molecule has 0 aliphatic carbocycles. The lowest BCUT2D eigenvalue weighted by atomic mass is 10.1. The van der Waals surface area contributed by atoms with Gasteiger partial charge < -0.3 is 9.64 Å². The van der Waals surface area contributed by atoms with Crippen molar-refractivity contribution in [3.63, 3.8) is 0 Å². The van der Waals surface area contributed by atoms with Gasteiger partial charge >= 0.3 is 5.97 Å². The van der Waals surface area contributed by atoms with Gasteiger partial charge in [-0.2, -0.15) is 0 Å². The van der Waals surface area contributed by atoms with E-state index in [0.717, 1.165) is 19.4 Å². The fourth-order valence-corrected chi connectivity index (χ4v) is 2.41. The van der Waals surface area contributed by atoms with Crippen LogP contribution in [0.4, 0.5) is 0 Å². The molecule has 112 valence electrons. The average Bonchev–Trinajstić information content (AvgIpc) is 2.90. The van der Waals surface area contributed by atoms with Crippen LogP contribution in [0.25, 0.3) is 0 Å². The van der Waals surface area contributed by atoms with Crippen LogP contribution in [0, 0.1) is 5.92 Å². The Labute approximate surface area is 121 Å². The Bertz CT molecular complexity index is 365. The molecular weight excluding hydrogens is 254 g/mol. The van der Waals surface area contributed by atoms with Gasteiger partial charge in [-0.3, -0.25) is 9.59 Å². The van der Waals surface area contributed by atoms with Crippen LogP contribution < -0.4 is 0 Å². The Balaban J connectivity index is 2.44. The maximum absolute atomic E-state index is 12.3. The predicted molar refractivity (Wildman–Crippen MR) is 79.1 cm³/mol. The highest BCUT2D eigenvalue weighted by atomic mass is 16.5. The van der Waals surface area contributed by atoms with Crippen LogP contribution >= 0.6 is 0 Å². The monoisotopic (exact) mass is 279 g/mol. The lowest BCUT2D eigenvalue weighted by Gasteiger charge is -2.27. The Hall–Kier alpha value is -1.58. The summed E-state index contributed by atoms with van der Waals surface area (Å²) in [6, 6.07) is 0.0300. The summed E-state index contributed by atoms with van der Waals surface area (Å²) in [5.41, 5.74) is 0. The molecule has 1 rings (SSSR count). The second-order valence-electron chi connectivity index (χ2n) is 5.26. The molecule has 0 saturated carbocycles. The summed E-state index contributed by atoms with van der Waals surface area (Å²) in [7, 11) is 0. The molecule has 4 nitrogen and oxygen atoms in total. The number of carbonyl (C=O) groups excluding carboxylic acids is 2. The summed E-state index contributed by atoms with van der Waals surface area (Å²) >= 11 is 0. The molecule has 0 radical (unpaired) electrons. The van der Waals surface area contributed by atoms with Crippen LogP contribution in [0.5, 0.6) is 0 Å². The normalized spacial score (nSPS) is 19.4. The van der Waals surface area contributed by atoms with Gasteiger partial charge in [0, 0.05) is 18.9 Å². The fraction of sp³-hybridized carbons (Fsp3) is 0.625. The van der Waals surface area contributed by atoms with E-state index in [9.17, 15) is 9.59 Å². The van der Waals surface area contributed by atoms with Crippen LogP contribution in [0.2, 0.25) is 0 Å². The molecule has 0 aromatic rings. The van der Waals surface area contributed by atoms with E-state index in [1.807, 2.05) is 11.8 Å². The van der Waals surface area contributed by atoms with Crippen molar-refractivity contribution in [2.24, 2.45) is 5.92 Å². The number of carbonyl (C=O) groups is 2. The first kappa shape index (κ1) is 16.5. The molecule has 1 aliphatic heterocycles. The first-order valence-corrected chi connectivity index (χ1v) is 7.28. The van der Waals surface area contributed by atoms with E-state index in [0.29, 0.717) is 25.9 Å². The van der Waals surface area contributed by atoms with E-state index in [1.165, 1.54) is 0 Å². The SMILES string of the molecule is C=CCCC(=O)OCC1CCCN1C(=O)C(C)CC=C. The maximum atomic E-state index is 12.3. The van der Waals surface area contributed by atoms with Gasteiger partial charge in [-0.25, -0.2) is 0 Å². The minimum absolute atomic E-state index is 0.0300. The zero-order valence-electron chi connectivity index (χ0n) is 12.3. The van der Waals surface area contributed by atoms with Crippen molar-refractivity contribution < 1.29 is 14.3 Å². The first-order chi connectivity index (χ1) is 9.60. The Morgan fingerprint density at radius 3 is 2.80 bits per heavy atom. The highest BCUT2D eigenvalue weighted by Crippen LogP contribution is 2.21. The molecule has 1 amide bonds. The van der Waals surface area contributed by atoms with Gasteiger partial charge in [0.05, 0.1) is 6.04 Å². The zero-order chi connectivity index (χ0) is 15.0. The summed E-state index contributed by atoms with van der Waals surface area (Å²) < 4.78 is 5.25. The molecule has 0 bridgehead atoms. The highest BCUT2D eigenvalue weighted by Gasteiger charge is 2.31. The van der Waals surface area contributed by atoms with Gasteiger partial charge in [-0.15, -0.1) is 13.2 Å². The smallest absolute Gasteiger partial charge is 0.306 e. The Morgan fingerprint density at radius 1 is 1.40 bits per heavy atom. The molecule has 2 unspecified atom stereocenters. The summed E-state index contributed by atoms with van der Waals surface area (Å²) in [6.07, 6.45) is 7.01. The van der Waals surface area contributed by atoms with Crippen molar-refractivity contribution in [1.82, 2.24) is 4.90 Å². The number of hydrogen-bond donors (Lipinski definition) is 0. The van der Waals surface area contributed by atoms with Crippen molar-refractivity contribution in [1.29, 1.82) is 0 Å². The minimum Gasteiger partial charge on any atom is -0.463 e. The van der Waals surface area contributed by atoms with Gasteiger partial charge in [0.2, 0.25) is 5.91 Å². The second-order valence-corrected chi connectivity index (χ2v) is 5.26. The van der Waals surface area contributed by atoms with Crippen molar-refractivity contribution in [3.05, 3.63) is 25.3 Å². The quantitative estimate of drug-likeness (QED) is 0.507. The lowest BCUT2D eigenvalue weighted by molar-refractivity contribution is -0.148. The van der Waals surface area contributed by atoms with Crippen molar-refractivity contribution in [2.45, 2.75) is 45.1 Å². The Kier molecular flexibility index (Phi) is 7.05. The fourth-order valence-electron chi connectivity index (χ4n) is 2.41. The van der Waals surface area contributed by atoms with E-state index in [4.69, 9.17) is 4.74 Å². The van der Waals surface area contributed by atoms with Gasteiger partial charge in [-0.05, 0) is 25.7 Å². The highest BCUT2D eigenvalue weighted by molar-refractivity contribution is 5.79. The predicted octanol–water partition coefficient (Wildman–Crippen LogP) is 2.70.